The van der Waals surface area contributed by atoms with Crippen LogP contribution in [0.3, 0.4) is 0 Å². The number of carbonyl (C=O) groups is 5. The lowest BCUT2D eigenvalue weighted by Gasteiger charge is -2.36. The Kier molecular flexibility index (Phi) is 6.70. The highest BCUT2D eigenvalue weighted by molar-refractivity contribution is 7.80. The zero-order valence-electron chi connectivity index (χ0n) is 19.6. The molecular formula is C25H26N2O7S. The maximum atomic E-state index is 13.4. The number of ether oxygens (including phenoxy) is 1. The molecule has 1 N–H and O–H groups in total. The first-order chi connectivity index (χ1) is 16.7. The van der Waals surface area contributed by atoms with Crippen molar-refractivity contribution in [3.8, 4) is 0 Å². The topological polar surface area (TPSA) is 121 Å². The zero-order valence-corrected chi connectivity index (χ0v) is 20.5. The van der Waals surface area contributed by atoms with Gasteiger partial charge in [0.2, 0.25) is 0 Å². The number of hydrogen-bond acceptors (Lipinski definition) is 8. The van der Waals surface area contributed by atoms with Gasteiger partial charge in [-0.15, -0.1) is 0 Å². The number of thiol groups is 1. The number of nitrogens with zero attached hydrogens (tertiary/aromatic N) is 2. The molecule has 4 rings (SSSR count). The van der Waals surface area contributed by atoms with Crippen LogP contribution in [0, 0.1) is 5.92 Å². The number of esters is 1. The van der Waals surface area contributed by atoms with Gasteiger partial charge in [0.15, 0.2) is 0 Å². The lowest BCUT2D eigenvalue weighted by molar-refractivity contribution is -0.147. The van der Waals surface area contributed by atoms with E-state index >= 15 is 0 Å². The van der Waals surface area contributed by atoms with E-state index in [1.54, 1.807) is 6.92 Å². The van der Waals surface area contributed by atoms with Crippen molar-refractivity contribution in [3.63, 3.8) is 0 Å². The largest absolute Gasteiger partial charge is 0.464 e. The van der Waals surface area contributed by atoms with E-state index in [0.717, 1.165) is 9.80 Å². The molecule has 2 aliphatic rings. The molecule has 184 valence electrons. The van der Waals surface area contributed by atoms with Crippen LogP contribution in [0.5, 0.6) is 0 Å². The molecule has 4 amide bonds. The predicted molar refractivity (Wildman–Crippen MR) is 130 cm³/mol. The summed E-state index contributed by atoms with van der Waals surface area (Å²) in [5.74, 6) is -3.39. The van der Waals surface area contributed by atoms with E-state index in [2.05, 4.69) is 12.6 Å². The molecule has 2 aliphatic heterocycles. The number of hydrogen-bond donors (Lipinski definition) is 2. The molecule has 2 atom stereocenters. The molecule has 0 bridgehead atoms. The second-order valence-corrected chi connectivity index (χ2v) is 9.31. The normalized spacial score (nSPS) is 16.9. The number of amides is 4. The summed E-state index contributed by atoms with van der Waals surface area (Å²) >= 11 is 4.15. The molecule has 35 heavy (non-hydrogen) atoms. The predicted octanol–water partition coefficient (Wildman–Crippen LogP) is 2.30. The molecule has 0 radical (unpaired) electrons. The van der Waals surface area contributed by atoms with E-state index in [4.69, 9.17) is 4.74 Å². The number of benzene rings is 2. The minimum Gasteiger partial charge on any atom is -0.464 e. The van der Waals surface area contributed by atoms with Crippen LogP contribution >= 0.6 is 12.6 Å². The fraction of sp³-hybridized carbons (Fsp3) is 0.400. The van der Waals surface area contributed by atoms with Gasteiger partial charge < -0.3 is 9.84 Å². The second-order valence-electron chi connectivity index (χ2n) is 8.95. The standard InChI is InChI=1S/C25H26N2O7S/c1-4-34-25(33)18(11-35)27-23(31)16-7-5-14-19-15(6-8-17(20(16)19)24(27)32)22(30)26(21(14)29)13(10-28)9-12(2)3/h5-8,12-13,18,28,35H,4,9-11H2,1-3H3/t13?,18-/m1/s1. The van der Waals surface area contributed by atoms with Gasteiger partial charge in [0.1, 0.15) is 6.04 Å². The Morgan fingerprint density at radius 1 is 0.886 bits per heavy atom. The Balaban J connectivity index is 1.87. The minimum absolute atomic E-state index is 0.0740. The van der Waals surface area contributed by atoms with Gasteiger partial charge in [-0.3, -0.25) is 29.0 Å². The number of imide groups is 2. The van der Waals surface area contributed by atoms with Crippen LogP contribution in [0.2, 0.25) is 0 Å². The molecule has 10 heteroatoms. The van der Waals surface area contributed by atoms with Gasteiger partial charge >= 0.3 is 5.97 Å². The van der Waals surface area contributed by atoms with Gasteiger partial charge in [0.05, 0.1) is 19.3 Å². The van der Waals surface area contributed by atoms with Crippen LogP contribution in [-0.2, 0) is 9.53 Å². The molecule has 0 aromatic heterocycles. The van der Waals surface area contributed by atoms with E-state index < -0.39 is 41.7 Å². The molecule has 2 aromatic rings. The highest BCUT2D eigenvalue weighted by atomic mass is 32.1. The molecule has 0 fully saturated rings. The summed E-state index contributed by atoms with van der Waals surface area (Å²) in [6.07, 6.45) is 0.424. The van der Waals surface area contributed by atoms with Gasteiger partial charge in [0.25, 0.3) is 23.6 Å². The lowest BCUT2D eigenvalue weighted by atomic mass is 9.85. The van der Waals surface area contributed by atoms with E-state index in [-0.39, 0.29) is 57.9 Å². The first-order valence-corrected chi connectivity index (χ1v) is 12.0. The smallest absolute Gasteiger partial charge is 0.330 e. The molecule has 0 saturated heterocycles. The van der Waals surface area contributed by atoms with Gasteiger partial charge in [0, 0.05) is 38.8 Å². The maximum Gasteiger partial charge on any atom is 0.330 e. The average Bonchev–Trinajstić information content (AvgIpc) is 2.82. The van der Waals surface area contributed by atoms with Crippen LogP contribution in [0.4, 0.5) is 0 Å². The Morgan fingerprint density at radius 2 is 1.31 bits per heavy atom. The van der Waals surface area contributed by atoms with Gasteiger partial charge in [-0.25, -0.2) is 4.79 Å². The SMILES string of the molecule is CCOC(=O)[C@@H](CS)N1C(=O)c2ccc3c4c(ccc(c24)C1=O)C(=O)N(C(CO)CC(C)C)C3=O. The fourth-order valence-corrected chi connectivity index (χ4v) is 5.14. The van der Waals surface area contributed by atoms with Crippen LogP contribution in [0.25, 0.3) is 10.8 Å². The maximum absolute atomic E-state index is 13.4. The average molecular weight is 499 g/mol. The third-order valence-corrected chi connectivity index (χ3v) is 6.67. The summed E-state index contributed by atoms with van der Waals surface area (Å²) < 4.78 is 5.02. The van der Waals surface area contributed by atoms with Gasteiger partial charge in [-0.05, 0) is 43.5 Å². The second kappa shape index (κ2) is 9.43. The Hall–Kier alpha value is -3.24. The summed E-state index contributed by atoms with van der Waals surface area (Å²) in [5.41, 5.74) is 0.553. The summed E-state index contributed by atoms with van der Waals surface area (Å²) in [4.78, 5) is 68.0. The minimum atomic E-state index is -1.23. The molecular weight excluding hydrogens is 472 g/mol. The number of rotatable bonds is 8. The van der Waals surface area contributed by atoms with E-state index in [9.17, 15) is 29.1 Å². The molecule has 2 aromatic carbocycles. The molecule has 1 unspecified atom stereocenters. The monoisotopic (exact) mass is 498 g/mol. The Labute approximate surface area is 207 Å². The summed E-state index contributed by atoms with van der Waals surface area (Å²) in [6, 6.07) is 3.81. The Bertz CT molecular complexity index is 1200. The molecule has 0 spiro atoms. The number of carbonyl (C=O) groups excluding carboxylic acids is 5. The third-order valence-electron chi connectivity index (χ3n) is 6.32. The summed E-state index contributed by atoms with van der Waals surface area (Å²) in [5, 5.41) is 10.3. The van der Waals surface area contributed by atoms with Crippen molar-refractivity contribution in [3.05, 3.63) is 46.5 Å². The van der Waals surface area contributed by atoms with E-state index in [1.165, 1.54) is 24.3 Å². The van der Waals surface area contributed by atoms with Crippen molar-refractivity contribution < 1.29 is 33.8 Å². The molecule has 0 aliphatic carbocycles. The van der Waals surface area contributed by atoms with Gasteiger partial charge in [-0.1, -0.05) is 13.8 Å². The van der Waals surface area contributed by atoms with Crippen molar-refractivity contribution in [2.75, 3.05) is 19.0 Å². The first-order valence-electron chi connectivity index (χ1n) is 11.4. The van der Waals surface area contributed by atoms with Crippen molar-refractivity contribution in [1.29, 1.82) is 0 Å². The zero-order chi connectivity index (χ0) is 25.6. The van der Waals surface area contributed by atoms with Crippen molar-refractivity contribution in [2.45, 2.75) is 39.3 Å². The quantitative estimate of drug-likeness (QED) is 0.325. The highest BCUT2D eigenvalue weighted by Gasteiger charge is 2.44. The highest BCUT2D eigenvalue weighted by Crippen LogP contribution is 2.39. The summed E-state index contributed by atoms with van der Waals surface area (Å²) in [6.45, 7) is 5.17. The lowest BCUT2D eigenvalue weighted by Crippen LogP contribution is -2.52. The van der Waals surface area contributed by atoms with Crippen LogP contribution < -0.4 is 0 Å². The van der Waals surface area contributed by atoms with E-state index in [1.807, 2.05) is 13.8 Å². The first kappa shape index (κ1) is 24.9. The summed E-state index contributed by atoms with van der Waals surface area (Å²) in [7, 11) is 0. The van der Waals surface area contributed by atoms with E-state index in [0.29, 0.717) is 6.42 Å². The fourth-order valence-electron chi connectivity index (χ4n) is 4.83. The van der Waals surface area contributed by atoms with Crippen molar-refractivity contribution in [2.24, 2.45) is 5.92 Å². The number of aliphatic hydroxyl groups is 1. The van der Waals surface area contributed by atoms with Crippen molar-refractivity contribution >= 4 is 53.0 Å². The Morgan fingerprint density at radius 3 is 1.66 bits per heavy atom. The van der Waals surface area contributed by atoms with Crippen LogP contribution in [0.15, 0.2) is 24.3 Å². The molecule has 9 nitrogen and oxygen atoms in total. The third kappa shape index (κ3) is 3.81. The molecule has 0 saturated carbocycles. The number of aliphatic hydroxyl groups excluding tert-OH is 1. The van der Waals surface area contributed by atoms with Gasteiger partial charge in [-0.2, -0.15) is 12.6 Å². The van der Waals surface area contributed by atoms with Crippen LogP contribution in [0.1, 0.15) is 68.6 Å². The molecule has 2 heterocycles. The van der Waals surface area contributed by atoms with Crippen LogP contribution in [-0.4, -0.2) is 75.6 Å². The van der Waals surface area contributed by atoms with Crippen molar-refractivity contribution in [1.82, 2.24) is 9.80 Å².